The van der Waals surface area contributed by atoms with Crippen molar-refractivity contribution >= 4 is 28.8 Å². The van der Waals surface area contributed by atoms with Crippen molar-refractivity contribution in [3.63, 3.8) is 0 Å². The molecule has 2 N–H and O–H groups in total. The molecule has 0 aliphatic carbocycles. The van der Waals surface area contributed by atoms with E-state index in [4.69, 9.17) is 4.74 Å². The maximum Gasteiger partial charge on any atom is 0.310 e. The largest absolute Gasteiger partial charge is 0.481 e. The third-order valence-electron chi connectivity index (χ3n) is 7.72. The average Bonchev–Trinajstić information content (AvgIpc) is 3.59. The van der Waals surface area contributed by atoms with E-state index >= 15 is 0 Å². The lowest BCUT2D eigenvalue weighted by molar-refractivity contribution is -0.154. The molecule has 4 heterocycles. The van der Waals surface area contributed by atoms with Gasteiger partial charge in [0.15, 0.2) is 0 Å². The number of benzene rings is 1. The van der Waals surface area contributed by atoms with Crippen LogP contribution in [0.1, 0.15) is 26.2 Å². The molecule has 0 radical (unpaired) electrons. The summed E-state index contributed by atoms with van der Waals surface area (Å²) in [5.74, 6) is -3.91. The van der Waals surface area contributed by atoms with Crippen molar-refractivity contribution < 1.29 is 29.3 Å². The van der Waals surface area contributed by atoms with E-state index in [0.717, 1.165) is 5.52 Å². The lowest BCUT2D eigenvalue weighted by Gasteiger charge is -2.39. The highest BCUT2D eigenvalue weighted by atomic mass is 16.5. The minimum Gasteiger partial charge on any atom is -0.481 e. The maximum absolute atomic E-state index is 14.2. The van der Waals surface area contributed by atoms with E-state index in [9.17, 15) is 24.6 Å². The quantitative estimate of drug-likeness (QED) is 0.496. The molecular formula is C24H29N5O6. The van der Waals surface area contributed by atoms with Crippen molar-refractivity contribution in [3.8, 4) is 0 Å². The van der Waals surface area contributed by atoms with Crippen LogP contribution in [0.5, 0.6) is 0 Å². The molecule has 11 heteroatoms. The minimum atomic E-state index is -1.24. The summed E-state index contributed by atoms with van der Waals surface area (Å²) < 4.78 is 7.83. The molecule has 3 aliphatic heterocycles. The van der Waals surface area contributed by atoms with E-state index in [1.807, 2.05) is 31.2 Å². The molecule has 3 aliphatic rings. The van der Waals surface area contributed by atoms with E-state index < -0.39 is 47.5 Å². The Morgan fingerprint density at radius 1 is 1.40 bits per heavy atom. The summed E-state index contributed by atoms with van der Waals surface area (Å²) in [6.45, 7) is 5.49. The molecular weight excluding hydrogens is 454 g/mol. The van der Waals surface area contributed by atoms with Gasteiger partial charge in [-0.2, -0.15) is 0 Å². The second kappa shape index (κ2) is 8.72. The van der Waals surface area contributed by atoms with Crippen LogP contribution in [-0.2, 0) is 25.8 Å². The Kier molecular flexibility index (Phi) is 5.84. The van der Waals surface area contributed by atoms with Crippen LogP contribution in [0.25, 0.3) is 11.0 Å². The number of aliphatic hydroxyl groups excluding tert-OH is 1. The first-order valence-corrected chi connectivity index (χ1v) is 11.9. The fraction of sp³-hybridized carbons (Fsp3) is 0.542. The predicted molar refractivity (Wildman–Crippen MR) is 123 cm³/mol. The van der Waals surface area contributed by atoms with Crippen molar-refractivity contribution in [2.24, 2.45) is 11.8 Å². The summed E-state index contributed by atoms with van der Waals surface area (Å²) >= 11 is 0. The Balaban J connectivity index is 1.56. The number of carbonyl (C=O) groups excluding carboxylic acids is 2. The number of hydrogen-bond donors (Lipinski definition) is 2. The van der Waals surface area contributed by atoms with E-state index in [0.29, 0.717) is 24.8 Å². The van der Waals surface area contributed by atoms with Crippen LogP contribution in [0.2, 0.25) is 0 Å². The van der Waals surface area contributed by atoms with Gasteiger partial charge in [-0.05, 0) is 31.4 Å². The van der Waals surface area contributed by atoms with Gasteiger partial charge < -0.3 is 24.7 Å². The number of carboxylic acid groups (broad SMARTS) is 1. The number of rotatable bonds is 9. The lowest BCUT2D eigenvalue weighted by atomic mass is 9.70. The summed E-state index contributed by atoms with van der Waals surface area (Å²) in [6, 6.07) is 5.69. The smallest absolute Gasteiger partial charge is 0.310 e. The first-order chi connectivity index (χ1) is 16.9. The molecule has 2 bridgehead atoms. The van der Waals surface area contributed by atoms with Gasteiger partial charge in [0, 0.05) is 6.54 Å². The van der Waals surface area contributed by atoms with E-state index in [2.05, 4.69) is 16.9 Å². The molecule has 11 nitrogen and oxygen atoms in total. The summed E-state index contributed by atoms with van der Waals surface area (Å²) in [5, 5.41) is 28.3. The Hall–Kier alpha value is -3.31. The van der Waals surface area contributed by atoms with Crippen molar-refractivity contribution in [1.29, 1.82) is 0 Å². The molecule has 3 saturated heterocycles. The molecule has 1 aromatic heterocycles. The summed E-state index contributed by atoms with van der Waals surface area (Å²) in [7, 11) is 0. The highest BCUT2D eigenvalue weighted by molar-refractivity contribution is 5.98. The average molecular weight is 484 g/mol. The van der Waals surface area contributed by atoms with E-state index in [-0.39, 0.29) is 25.7 Å². The first-order valence-electron chi connectivity index (χ1n) is 11.9. The predicted octanol–water partition coefficient (Wildman–Crippen LogP) is 0.634. The number of aliphatic hydroxyl groups is 1. The SMILES string of the molecule is C=CCN(Cn1nnc2ccccc21)C(=O)C1N([C@@H](CC)CO)C(=O)[C@@H]2[C@@H](C(=O)O)[C@H]3CCC12O3. The van der Waals surface area contributed by atoms with Crippen LogP contribution in [0.15, 0.2) is 36.9 Å². The Morgan fingerprint density at radius 3 is 2.86 bits per heavy atom. The van der Waals surface area contributed by atoms with Crippen molar-refractivity contribution in [3.05, 3.63) is 36.9 Å². The van der Waals surface area contributed by atoms with Crippen LogP contribution < -0.4 is 0 Å². The van der Waals surface area contributed by atoms with Crippen LogP contribution in [0.4, 0.5) is 0 Å². The fourth-order valence-corrected chi connectivity index (χ4v) is 6.19. The summed E-state index contributed by atoms with van der Waals surface area (Å²) in [6.07, 6.45) is 2.25. The molecule has 2 unspecified atom stereocenters. The Morgan fingerprint density at radius 2 is 2.17 bits per heavy atom. The first kappa shape index (κ1) is 23.4. The molecule has 2 aromatic rings. The standard InChI is InChI=1S/C24H29N5O6/c1-3-11-27(13-28-16-8-6-5-7-15(16)25-26-28)22(32)20-24-10-9-17(35-24)18(23(33)34)19(24)21(31)29(20)14(4-2)12-30/h3,5-8,14,17-20,30H,1,4,9-13H2,2H3,(H,33,34)/t14-,17+,18-,19-,20?,24?/m0/s1. The number of para-hydroxylation sites is 1. The highest BCUT2D eigenvalue weighted by Crippen LogP contribution is 2.59. The molecule has 1 spiro atoms. The second-order valence-corrected chi connectivity index (χ2v) is 9.45. The minimum absolute atomic E-state index is 0.0619. The van der Waals surface area contributed by atoms with Crippen LogP contribution >= 0.6 is 0 Å². The molecule has 1 aromatic carbocycles. The number of aliphatic carboxylic acids is 1. The number of likely N-dealkylation sites (tertiary alicyclic amines) is 1. The van der Waals surface area contributed by atoms with Gasteiger partial charge in [-0.1, -0.05) is 30.3 Å². The number of aromatic nitrogens is 3. The molecule has 6 atom stereocenters. The lowest BCUT2D eigenvalue weighted by Crippen LogP contribution is -2.58. The van der Waals surface area contributed by atoms with E-state index in [1.165, 1.54) is 9.80 Å². The van der Waals surface area contributed by atoms with Crippen molar-refractivity contribution in [2.45, 2.75) is 56.6 Å². The molecule has 3 fully saturated rings. The number of hydrogen-bond acceptors (Lipinski definition) is 7. The van der Waals surface area contributed by atoms with Gasteiger partial charge in [0.05, 0.1) is 36.1 Å². The van der Waals surface area contributed by atoms with Crippen LogP contribution in [-0.4, -0.2) is 89.7 Å². The van der Waals surface area contributed by atoms with Gasteiger partial charge in [0.2, 0.25) is 11.8 Å². The van der Waals surface area contributed by atoms with Gasteiger partial charge in [0.25, 0.3) is 0 Å². The van der Waals surface area contributed by atoms with E-state index in [1.54, 1.807) is 10.8 Å². The zero-order chi connectivity index (χ0) is 24.9. The topological polar surface area (TPSA) is 138 Å². The summed E-state index contributed by atoms with van der Waals surface area (Å²) in [5.41, 5.74) is 0.188. The number of carbonyl (C=O) groups is 3. The van der Waals surface area contributed by atoms with Gasteiger partial charge in [-0.15, -0.1) is 11.7 Å². The molecule has 35 heavy (non-hydrogen) atoms. The highest BCUT2D eigenvalue weighted by Gasteiger charge is 2.75. The zero-order valence-corrected chi connectivity index (χ0v) is 19.5. The number of amides is 2. The second-order valence-electron chi connectivity index (χ2n) is 9.45. The molecule has 2 amide bonds. The zero-order valence-electron chi connectivity index (χ0n) is 19.5. The van der Waals surface area contributed by atoms with Gasteiger partial charge >= 0.3 is 5.97 Å². The molecule has 186 valence electrons. The fourth-order valence-electron chi connectivity index (χ4n) is 6.19. The van der Waals surface area contributed by atoms with Gasteiger partial charge in [-0.3, -0.25) is 14.4 Å². The number of ether oxygens (including phenoxy) is 1. The Bertz CT molecular complexity index is 1180. The van der Waals surface area contributed by atoms with Crippen LogP contribution in [0, 0.1) is 11.8 Å². The summed E-state index contributed by atoms with van der Waals surface area (Å²) in [4.78, 5) is 42.9. The van der Waals surface area contributed by atoms with Gasteiger partial charge in [0.1, 0.15) is 23.8 Å². The number of nitrogens with zero attached hydrogens (tertiary/aromatic N) is 5. The number of carboxylic acids is 1. The third kappa shape index (κ3) is 3.36. The normalized spacial score (nSPS) is 30.0. The van der Waals surface area contributed by atoms with Crippen molar-refractivity contribution in [2.75, 3.05) is 13.2 Å². The maximum atomic E-state index is 14.2. The van der Waals surface area contributed by atoms with Gasteiger partial charge in [-0.25, -0.2) is 4.68 Å². The monoisotopic (exact) mass is 483 g/mol. The Labute approximate surface area is 201 Å². The molecule has 5 rings (SSSR count). The third-order valence-corrected chi connectivity index (χ3v) is 7.72. The van der Waals surface area contributed by atoms with Crippen molar-refractivity contribution in [1.82, 2.24) is 24.8 Å². The number of fused-ring (bicyclic) bond motifs is 2. The van der Waals surface area contributed by atoms with Crippen LogP contribution in [0.3, 0.4) is 0 Å². The molecule has 0 saturated carbocycles.